The van der Waals surface area contributed by atoms with Gasteiger partial charge in [0.25, 0.3) is 6.43 Å². The van der Waals surface area contributed by atoms with E-state index in [1.807, 2.05) is 0 Å². The van der Waals surface area contributed by atoms with Crippen LogP contribution in [-0.4, -0.2) is 16.1 Å². The average Bonchev–Trinajstić information content (AvgIpc) is 2.19. The number of aliphatic carboxylic acids is 1. The molecule has 0 aliphatic carbocycles. The zero-order valence-electron chi connectivity index (χ0n) is 7.88. The fourth-order valence-electron chi connectivity index (χ4n) is 1.19. The standard InChI is InChI=1S/C9H7BrClF2NO2/c10-2-4-3-14-5(1-6(15)16)8(11)7(4)9(12)13/h3,9H,1-2H2,(H,15,16). The van der Waals surface area contributed by atoms with Crippen LogP contribution in [0.3, 0.4) is 0 Å². The number of nitrogens with zero attached hydrogens (tertiary/aromatic N) is 1. The third-order valence-corrected chi connectivity index (χ3v) is 2.92. The van der Waals surface area contributed by atoms with Gasteiger partial charge in [-0.05, 0) is 5.56 Å². The summed E-state index contributed by atoms with van der Waals surface area (Å²) in [7, 11) is 0. The highest BCUT2D eigenvalue weighted by Gasteiger charge is 2.21. The summed E-state index contributed by atoms with van der Waals surface area (Å²) < 4.78 is 25.4. The molecule has 0 radical (unpaired) electrons. The van der Waals surface area contributed by atoms with Crippen molar-refractivity contribution in [1.29, 1.82) is 0 Å². The van der Waals surface area contributed by atoms with Gasteiger partial charge in [-0.1, -0.05) is 27.5 Å². The first kappa shape index (κ1) is 13.3. The van der Waals surface area contributed by atoms with E-state index in [2.05, 4.69) is 20.9 Å². The number of hydrogen-bond donors (Lipinski definition) is 1. The minimum absolute atomic E-state index is 0.0471. The molecule has 0 aliphatic rings. The molecular weight excluding hydrogens is 307 g/mol. The highest BCUT2D eigenvalue weighted by Crippen LogP contribution is 2.33. The molecule has 1 rings (SSSR count). The van der Waals surface area contributed by atoms with Gasteiger partial charge in [-0.25, -0.2) is 8.78 Å². The minimum Gasteiger partial charge on any atom is -0.481 e. The van der Waals surface area contributed by atoms with Crippen molar-refractivity contribution < 1.29 is 18.7 Å². The topological polar surface area (TPSA) is 50.2 Å². The van der Waals surface area contributed by atoms with Gasteiger partial charge in [0, 0.05) is 17.1 Å². The van der Waals surface area contributed by atoms with E-state index in [0.717, 1.165) is 0 Å². The van der Waals surface area contributed by atoms with Gasteiger partial charge < -0.3 is 5.11 Å². The summed E-state index contributed by atoms with van der Waals surface area (Å²) >= 11 is 8.74. The highest BCUT2D eigenvalue weighted by atomic mass is 79.9. The number of carbonyl (C=O) groups is 1. The lowest BCUT2D eigenvalue weighted by Gasteiger charge is -2.10. The van der Waals surface area contributed by atoms with E-state index < -0.39 is 18.8 Å². The quantitative estimate of drug-likeness (QED) is 0.868. The van der Waals surface area contributed by atoms with E-state index in [1.165, 1.54) is 6.20 Å². The summed E-state index contributed by atoms with van der Waals surface area (Å²) in [6, 6.07) is 0. The summed E-state index contributed by atoms with van der Waals surface area (Å²) in [6.07, 6.45) is -2.02. The van der Waals surface area contributed by atoms with Crippen molar-refractivity contribution in [3.05, 3.63) is 28.0 Å². The SMILES string of the molecule is O=C(O)Cc1ncc(CBr)c(C(F)F)c1Cl. The zero-order valence-corrected chi connectivity index (χ0v) is 10.2. The van der Waals surface area contributed by atoms with Crippen molar-refractivity contribution in [2.24, 2.45) is 0 Å². The number of carboxylic acid groups (broad SMARTS) is 1. The number of alkyl halides is 3. The Bertz CT molecular complexity index is 415. The molecule has 1 aromatic heterocycles. The Balaban J connectivity index is 3.26. The van der Waals surface area contributed by atoms with Crippen molar-refractivity contribution in [1.82, 2.24) is 4.98 Å². The average molecular weight is 315 g/mol. The predicted octanol–water partition coefficient (Wildman–Crippen LogP) is 3.19. The summed E-state index contributed by atoms with van der Waals surface area (Å²) in [5, 5.41) is 8.47. The molecule has 0 atom stereocenters. The predicted molar refractivity (Wildman–Crippen MR) is 58.2 cm³/mol. The van der Waals surface area contributed by atoms with Crippen LogP contribution in [0.4, 0.5) is 8.78 Å². The van der Waals surface area contributed by atoms with Crippen LogP contribution < -0.4 is 0 Å². The molecule has 0 spiro atoms. The van der Waals surface area contributed by atoms with Gasteiger partial charge in [0.2, 0.25) is 0 Å². The molecule has 0 amide bonds. The Hall–Kier alpha value is -0.750. The summed E-state index contributed by atoms with van der Waals surface area (Å²) in [6.45, 7) is 0. The lowest BCUT2D eigenvalue weighted by molar-refractivity contribution is -0.136. The van der Waals surface area contributed by atoms with Gasteiger partial charge in [0.15, 0.2) is 0 Å². The molecule has 1 N–H and O–H groups in total. The van der Waals surface area contributed by atoms with Crippen LogP contribution in [0.25, 0.3) is 0 Å². The van der Waals surface area contributed by atoms with Gasteiger partial charge in [-0.2, -0.15) is 0 Å². The van der Waals surface area contributed by atoms with E-state index >= 15 is 0 Å². The van der Waals surface area contributed by atoms with Gasteiger partial charge in [0.1, 0.15) is 0 Å². The second kappa shape index (κ2) is 5.54. The van der Waals surface area contributed by atoms with Gasteiger partial charge in [-0.3, -0.25) is 9.78 Å². The number of aromatic nitrogens is 1. The van der Waals surface area contributed by atoms with Gasteiger partial charge in [-0.15, -0.1) is 0 Å². The molecule has 7 heteroatoms. The smallest absolute Gasteiger partial charge is 0.309 e. The van der Waals surface area contributed by atoms with Crippen LogP contribution in [0.5, 0.6) is 0 Å². The lowest BCUT2D eigenvalue weighted by atomic mass is 10.1. The molecule has 0 aromatic carbocycles. The molecule has 0 saturated heterocycles. The molecule has 3 nitrogen and oxygen atoms in total. The number of rotatable bonds is 4. The normalized spacial score (nSPS) is 10.8. The van der Waals surface area contributed by atoms with E-state index in [0.29, 0.717) is 0 Å². The largest absolute Gasteiger partial charge is 0.481 e. The van der Waals surface area contributed by atoms with Crippen molar-refractivity contribution in [2.75, 3.05) is 0 Å². The van der Waals surface area contributed by atoms with E-state index in [9.17, 15) is 13.6 Å². The van der Waals surface area contributed by atoms with Crippen LogP contribution >= 0.6 is 27.5 Å². The number of halogens is 4. The molecule has 0 fully saturated rings. The zero-order chi connectivity index (χ0) is 12.3. The fourth-order valence-corrected chi connectivity index (χ4v) is 1.95. The maximum Gasteiger partial charge on any atom is 0.309 e. The third kappa shape index (κ3) is 2.89. The number of pyridine rings is 1. The molecule has 0 aliphatic heterocycles. The van der Waals surface area contributed by atoms with Crippen LogP contribution in [0.15, 0.2) is 6.20 Å². The molecule has 0 saturated carbocycles. The third-order valence-electron chi connectivity index (χ3n) is 1.89. The Kier molecular flexibility index (Phi) is 4.61. The summed E-state index contributed by atoms with van der Waals surface area (Å²) in [5.41, 5.74) is -0.145. The van der Waals surface area contributed by atoms with E-state index in [-0.39, 0.29) is 27.2 Å². The Morgan fingerprint density at radius 1 is 1.62 bits per heavy atom. The summed E-state index contributed by atoms with van der Waals surface area (Å²) in [5.74, 6) is -1.17. The van der Waals surface area contributed by atoms with Crippen molar-refractivity contribution in [2.45, 2.75) is 18.2 Å². The Morgan fingerprint density at radius 3 is 2.69 bits per heavy atom. The monoisotopic (exact) mass is 313 g/mol. The van der Waals surface area contributed by atoms with Crippen LogP contribution in [0.2, 0.25) is 5.02 Å². The lowest BCUT2D eigenvalue weighted by Crippen LogP contribution is -2.06. The highest BCUT2D eigenvalue weighted by molar-refractivity contribution is 9.08. The second-order valence-corrected chi connectivity index (χ2v) is 3.90. The van der Waals surface area contributed by atoms with Crippen LogP contribution in [0.1, 0.15) is 23.2 Å². The first-order valence-corrected chi connectivity index (χ1v) is 5.69. The minimum atomic E-state index is -2.75. The maximum absolute atomic E-state index is 12.7. The molecule has 1 heterocycles. The maximum atomic E-state index is 12.7. The second-order valence-electron chi connectivity index (χ2n) is 2.96. The molecule has 88 valence electrons. The Labute approximate surface area is 104 Å². The molecular formula is C9H7BrClF2NO2. The van der Waals surface area contributed by atoms with Crippen molar-refractivity contribution >= 4 is 33.5 Å². The van der Waals surface area contributed by atoms with Crippen LogP contribution in [0, 0.1) is 0 Å². The van der Waals surface area contributed by atoms with Gasteiger partial charge >= 0.3 is 5.97 Å². The first-order chi connectivity index (χ1) is 7.47. The fraction of sp³-hybridized carbons (Fsp3) is 0.333. The van der Waals surface area contributed by atoms with E-state index in [1.54, 1.807) is 0 Å². The first-order valence-electron chi connectivity index (χ1n) is 4.19. The van der Waals surface area contributed by atoms with Crippen LogP contribution in [-0.2, 0) is 16.5 Å². The number of carboxylic acids is 1. The van der Waals surface area contributed by atoms with E-state index in [4.69, 9.17) is 16.7 Å². The molecule has 0 unspecified atom stereocenters. The Morgan fingerprint density at radius 2 is 2.25 bits per heavy atom. The number of hydrogen-bond acceptors (Lipinski definition) is 2. The van der Waals surface area contributed by atoms with Gasteiger partial charge in [0.05, 0.1) is 17.1 Å². The molecule has 0 bridgehead atoms. The summed E-state index contributed by atoms with van der Waals surface area (Å²) in [4.78, 5) is 14.2. The molecule has 16 heavy (non-hydrogen) atoms. The van der Waals surface area contributed by atoms with Crippen molar-refractivity contribution in [3.63, 3.8) is 0 Å². The molecule has 1 aromatic rings. The van der Waals surface area contributed by atoms with Crippen molar-refractivity contribution in [3.8, 4) is 0 Å².